The van der Waals surface area contributed by atoms with Crippen molar-refractivity contribution in [3.63, 3.8) is 0 Å². The number of aromatic hydroxyl groups is 1. The summed E-state index contributed by atoms with van der Waals surface area (Å²) in [5.41, 5.74) is 1.50. The van der Waals surface area contributed by atoms with Crippen LogP contribution in [-0.4, -0.2) is 26.0 Å². The summed E-state index contributed by atoms with van der Waals surface area (Å²) in [6, 6.07) is 6.97. The molecule has 2 aromatic rings. The molecule has 0 unspecified atom stereocenters. The Labute approximate surface area is 105 Å². The molecule has 1 heterocycles. The van der Waals surface area contributed by atoms with Gasteiger partial charge in [-0.2, -0.15) is 5.10 Å². The highest BCUT2D eigenvalue weighted by molar-refractivity contribution is 5.93. The molecule has 0 fully saturated rings. The van der Waals surface area contributed by atoms with Crippen molar-refractivity contribution in [3.05, 3.63) is 47.6 Å². The zero-order valence-corrected chi connectivity index (χ0v) is 10.0. The third kappa shape index (κ3) is 3.28. The quantitative estimate of drug-likeness (QED) is 0.718. The van der Waals surface area contributed by atoms with E-state index in [1.807, 2.05) is 12.1 Å². The number of hydrogen-bond acceptors (Lipinski definition) is 4. The van der Waals surface area contributed by atoms with Crippen molar-refractivity contribution in [1.29, 1.82) is 5.41 Å². The zero-order chi connectivity index (χ0) is 13.0. The van der Waals surface area contributed by atoms with Crippen LogP contribution in [0.5, 0.6) is 5.75 Å². The number of rotatable bonds is 4. The lowest BCUT2D eigenvalue weighted by atomic mass is 10.1. The van der Waals surface area contributed by atoms with Crippen LogP contribution < -0.4 is 0 Å². The molecule has 0 radical (unpaired) electrons. The molecule has 3 N–H and O–H groups in total. The molecule has 1 aromatic carbocycles. The van der Waals surface area contributed by atoms with Crippen molar-refractivity contribution < 1.29 is 5.11 Å². The summed E-state index contributed by atoms with van der Waals surface area (Å²) in [6.45, 7) is 1.69. The normalized spacial score (nSPS) is 10.9. The first kappa shape index (κ1) is 12.0. The number of H-pyrrole nitrogens is 1. The van der Waals surface area contributed by atoms with Crippen molar-refractivity contribution in [2.24, 2.45) is 0 Å². The summed E-state index contributed by atoms with van der Waals surface area (Å²) in [5, 5.41) is 23.3. The summed E-state index contributed by atoms with van der Waals surface area (Å²) >= 11 is 0. The number of phenols is 1. The minimum absolute atomic E-state index is 0.251. The Morgan fingerprint density at radius 2 is 2.11 bits per heavy atom. The smallest absolute Gasteiger partial charge is 0.173 e. The number of aromatic nitrogens is 3. The van der Waals surface area contributed by atoms with Gasteiger partial charge in [0.05, 0.1) is 0 Å². The van der Waals surface area contributed by atoms with E-state index < -0.39 is 0 Å². The van der Waals surface area contributed by atoms with Gasteiger partial charge in [0.15, 0.2) is 5.82 Å². The minimum Gasteiger partial charge on any atom is -0.508 e. The Bertz CT molecular complexity index is 569. The van der Waals surface area contributed by atoms with Crippen LogP contribution in [0.4, 0.5) is 0 Å². The third-order valence-electron chi connectivity index (χ3n) is 2.34. The number of aromatic amines is 1. The van der Waals surface area contributed by atoms with Crippen molar-refractivity contribution in [1.82, 2.24) is 15.2 Å². The molecule has 5 heteroatoms. The van der Waals surface area contributed by atoms with Crippen LogP contribution in [0.2, 0.25) is 0 Å². The van der Waals surface area contributed by atoms with Gasteiger partial charge in [0.25, 0.3) is 0 Å². The van der Waals surface area contributed by atoms with E-state index in [-0.39, 0.29) is 5.75 Å². The Balaban J connectivity index is 2.06. The first-order chi connectivity index (χ1) is 8.63. The van der Waals surface area contributed by atoms with E-state index in [0.717, 1.165) is 11.4 Å². The van der Waals surface area contributed by atoms with Gasteiger partial charge in [-0.15, -0.1) is 0 Å². The van der Waals surface area contributed by atoms with Gasteiger partial charge in [-0.25, -0.2) is 4.98 Å². The van der Waals surface area contributed by atoms with E-state index >= 15 is 0 Å². The summed E-state index contributed by atoms with van der Waals surface area (Å²) in [4.78, 5) is 4.29. The number of nitrogens with one attached hydrogen (secondary N) is 2. The van der Waals surface area contributed by atoms with Gasteiger partial charge in [-0.1, -0.05) is 12.1 Å². The largest absolute Gasteiger partial charge is 0.508 e. The second kappa shape index (κ2) is 5.27. The molecule has 0 saturated carbocycles. The Kier molecular flexibility index (Phi) is 3.52. The Morgan fingerprint density at radius 3 is 2.78 bits per heavy atom. The van der Waals surface area contributed by atoms with Gasteiger partial charge in [0.2, 0.25) is 0 Å². The lowest BCUT2D eigenvalue weighted by molar-refractivity contribution is 0.475. The molecule has 0 aliphatic heterocycles. The van der Waals surface area contributed by atoms with Crippen molar-refractivity contribution in [2.45, 2.75) is 13.3 Å². The lowest BCUT2D eigenvalue weighted by Gasteiger charge is -1.97. The molecule has 18 heavy (non-hydrogen) atoms. The number of allylic oxidation sites excluding steroid dienone is 1. The zero-order valence-electron chi connectivity index (χ0n) is 10.0. The Hall–Kier alpha value is -2.43. The molecule has 1 aromatic heterocycles. The molecule has 2 rings (SSSR count). The molecule has 0 bridgehead atoms. The van der Waals surface area contributed by atoms with Gasteiger partial charge in [0.1, 0.15) is 11.6 Å². The van der Waals surface area contributed by atoms with Crippen molar-refractivity contribution in [3.8, 4) is 5.75 Å². The average molecular weight is 242 g/mol. The maximum absolute atomic E-state index is 9.18. The molecular formula is C13H14N4O. The highest BCUT2D eigenvalue weighted by Crippen LogP contribution is 2.12. The summed E-state index contributed by atoms with van der Waals surface area (Å²) in [6.07, 6.45) is 3.97. The topological polar surface area (TPSA) is 85.7 Å². The van der Waals surface area contributed by atoms with Gasteiger partial charge in [-0.05, 0) is 36.8 Å². The predicted molar refractivity (Wildman–Crippen MR) is 69.7 cm³/mol. The number of phenolic OH excluding ortho intramolecular Hbond substituents is 1. The maximum atomic E-state index is 9.18. The number of benzene rings is 1. The van der Waals surface area contributed by atoms with Crippen LogP contribution in [-0.2, 0) is 6.42 Å². The monoisotopic (exact) mass is 242 g/mol. The summed E-state index contributed by atoms with van der Waals surface area (Å²) in [5.74, 6) is 1.57. The van der Waals surface area contributed by atoms with E-state index in [2.05, 4.69) is 15.2 Å². The predicted octanol–water partition coefficient (Wildman–Crippen LogP) is 2.15. The van der Waals surface area contributed by atoms with E-state index in [1.165, 1.54) is 0 Å². The van der Waals surface area contributed by atoms with Crippen LogP contribution in [0.15, 0.2) is 30.3 Å². The second-order valence-electron chi connectivity index (χ2n) is 4.00. The fraction of sp³-hybridized carbons (Fsp3) is 0.154. The highest BCUT2D eigenvalue weighted by atomic mass is 16.3. The van der Waals surface area contributed by atoms with Crippen LogP contribution in [0, 0.1) is 5.41 Å². The van der Waals surface area contributed by atoms with Crippen LogP contribution >= 0.6 is 0 Å². The fourth-order valence-corrected chi connectivity index (χ4v) is 1.47. The minimum atomic E-state index is 0.251. The maximum Gasteiger partial charge on any atom is 0.173 e. The SMILES string of the molecule is CC(=N)/C=C\c1n[nH]c(Cc2ccc(O)cc2)n1. The standard InChI is InChI=1S/C13H14N4O/c1-9(14)2-7-12-15-13(17-16-12)8-10-3-5-11(18)6-4-10/h2-7,14,18H,8H2,1H3,(H,15,16,17)/b7-2-,14-9?. The van der Waals surface area contributed by atoms with Crippen molar-refractivity contribution in [2.75, 3.05) is 0 Å². The molecule has 92 valence electrons. The molecule has 0 atom stereocenters. The second-order valence-corrected chi connectivity index (χ2v) is 4.00. The molecule has 5 nitrogen and oxygen atoms in total. The van der Waals surface area contributed by atoms with E-state index in [9.17, 15) is 5.11 Å². The van der Waals surface area contributed by atoms with E-state index in [1.54, 1.807) is 31.2 Å². The Morgan fingerprint density at radius 1 is 1.39 bits per heavy atom. The van der Waals surface area contributed by atoms with Crippen LogP contribution in [0.25, 0.3) is 6.08 Å². The summed E-state index contributed by atoms with van der Waals surface area (Å²) in [7, 11) is 0. The third-order valence-corrected chi connectivity index (χ3v) is 2.34. The van der Waals surface area contributed by atoms with Gasteiger partial charge >= 0.3 is 0 Å². The van der Waals surface area contributed by atoms with E-state index in [4.69, 9.17) is 5.41 Å². The van der Waals surface area contributed by atoms with E-state index in [0.29, 0.717) is 18.0 Å². The molecule has 0 aliphatic rings. The lowest BCUT2D eigenvalue weighted by Crippen LogP contribution is -1.90. The number of nitrogens with zero attached hydrogens (tertiary/aromatic N) is 2. The first-order valence-electron chi connectivity index (χ1n) is 5.56. The van der Waals surface area contributed by atoms with Crippen molar-refractivity contribution >= 4 is 11.8 Å². The van der Waals surface area contributed by atoms with Gasteiger partial charge < -0.3 is 10.5 Å². The average Bonchev–Trinajstić information content (AvgIpc) is 2.77. The van der Waals surface area contributed by atoms with Gasteiger partial charge in [0, 0.05) is 12.1 Å². The molecule has 0 saturated heterocycles. The van der Waals surface area contributed by atoms with Gasteiger partial charge in [-0.3, -0.25) is 5.10 Å². The molecule has 0 spiro atoms. The molecule has 0 amide bonds. The molecular weight excluding hydrogens is 228 g/mol. The molecule has 0 aliphatic carbocycles. The van der Waals surface area contributed by atoms with Crippen LogP contribution in [0.3, 0.4) is 0 Å². The summed E-state index contributed by atoms with van der Waals surface area (Å²) < 4.78 is 0. The number of hydrogen-bond donors (Lipinski definition) is 3. The highest BCUT2D eigenvalue weighted by Gasteiger charge is 2.02. The van der Waals surface area contributed by atoms with Crippen LogP contribution in [0.1, 0.15) is 24.1 Å². The fourth-order valence-electron chi connectivity index (χ4n) is 1.47. The first-order valence-corrected chi connectivity index (χ1v) is 5.56.